The van der Waals surface area contributed by atoms with E-state index in [9.17, 15) is 13.2 Å². The predicted octanol–water partition coefficient (Wildman–Crippen LogP) is 3.10. The maximum Gasteiger partial charge on any atom is 0.241 e. The summed E-state index contributed by atoms with van der Waals surface area (Å²) in [5, 5.41) is 2.65. The van der Waals surface area contributed by atoms with E-state index in [2.05, 4.69) is 10.0 Å². The fraction of sp³-hybridized carbons (Fsp3) is 0.350. The lowest BCUT2D eigenvalue weighted by Gasteiger charge is -2.18. The number of methoxy groups -OCH3 is 3. The van der Waals surface area contributed by atoms with Crippen LogP contribution < -0.4 is 24.2 Å². The van der Waals surface area contributed by atoms with Crippen LogP contribution in [0.4, 0.5) is 5.69 Å². The molecule has 2 aromatic rings. The molecular weight excluding hydrogens is 396 g/mol. The standard InChI is InChI=1S/C20H26N2O6S/c1-6-20(23)21-16-12-15(8-10-17(16)26-3)29(24,25)22-13(2)14-7-9-18(27-4)19(11-14)28-5/h7-13,22H,6H2,1-5H3,(H,21,23)/t13-/m1/s1. The molecule has 2 N–H and O–H groups in total. The zero-order chi connectivity index (χ0) is 21.6. The molecule has 0 aliphatic heterocycles. The Kier molecular flexibility index (Phi) is 7.46. The molecule has 158 valence electrons. The zero-order valence-corrected chi connectivity index (χ0v) is 17.9. The summed E-state index contributed by atoms with van der Waals surface area (Å²) in [5.74, 6) is 1.19. The number of carbonyl (C=O) groups excluding carboxylic acids is 1. The van der Waals surface area contributed by atoms with Gasteiger partial charge in [0.25, 0.3) is 0 Å². The Labute approximate surface area is 171 Å². The zero-order valence-electron chi connectivity index (χ0n) is 17.1. The van der Waals surface area contributed by atoms with E-state index in [1.165, 1.54) is 39.5 Å². The first-order valence-electron chi connectivity index (χ1n) is 8.97. The van der Waals surface area contributed by atoms with Crippen LogP contribution in [0.2, 0.25) is 0 Å². The van der Waals surface area contributed by atoms with E-state index in [4.69, 9.17) is 14.2 Å². The van der Waals surface area contributed by atoms with Crippen molar-refractivity contribution < 1.29 is 27.4 Å². The molecule has 8 nitrogen and oxygen atoms in total. The second-order valence-electron chi connectivity index (χ2n) is 6.22. The average molecular weight is 423 g/mol. The van der Waals surface area contributed by atoms with Crippen molar-refractivity contribution in [3.8, 4) is 17.2 Å². The van der Waals surface area contributed by atoms with Gasteiger partial charge >= 0.3 is 0 Å². The summed E-state index contributed by atoms with van der Waals surface area (Å²) in [7, 11) is 0.629. The Balaban J connectivity index is 2.31. The average Bonchev–Trinajstić information content (AvgIpc) is 2.72. The molecule has 29 heavy (non-hydrogen) atoms. The van der Waals surface area contributed by atoms with Gasteiger partial charge in [0.05, 0.1) is 31.9 Å². The van der Waals surface area contributed by atoms with E-state index in [0.717, 1.165) is 0 Å². The van der Waals surface area contributed by atoms with Gasteiger partial charge in [0.1, 0.15) is 5.75 Å². The molecule has 0 saturated carbocycles. The third-order valence-corrected chi connectivity index (χ3v) is 5.85. The first-order valence-corrected chi connectivity index (χ1v) is 10.5. The number of anilines is 1. The SMILES string of the molecule is CCC(=O)Nc1cc(S(=O)(=O)N[C@H](C)c2ccc(OC)c(OC)c2)ccc1OC. The van der Waals surface area contributed by atoms with Gasteiger partial charge in [0, 0.05) is 12.5 Å². The number of ether oxygens (including phenoxy) is 3. The molecule has 0 spiro atoms. The van der Waals surface area contributed by atoms with Gasteiger partial charge in [-0.05, 0) is 42.8 Å². The summed E-state index contributed by atoms with van der Waals surface area (Å²) < 4.78 is 44.1. The minimum Gasteiger partial charge on any atom is -0.495 e. The molecular formula is C20H26N2O6S. The van der Waals surface area contributed by atoms with E-state index < -0.39 is 16.1 Å². The lowest BCUT2D eigenvalue weighted by molar-refractivity contribution is -0.115. The first kappa shape index (κ1) is 22.5. The van der Waals surface area contributed by atoms with Crippen LogP contribution in [-0.2, 0) is 14.8 Å². The van der Waals surface area contributed by atoms with Crippen LogP contribution in [0.1, 0.15) is 31.9 Å². The minimum absolute atomic E-state index is 0.0111. The van der Waals surface area contributed by atoms with Gasteiger partial charge in [-0.2, -0.15) is 0 Å². The molecule has 1 amide bonds. The van der Waals surface area contributed by atoms with Crippen LogP contribution in [0.25, 0.3) is 0 Å². The molecule has 2 rings (SSSR count). The molecule has 0 unspecified atom stereocenters. The van der Waals surface area contributed by atoms with Gasteiger partial charge in [-0.25, -0.2) is 13.1 Å². The van der Waals surface area contributed by atoms with Crippen molar-refractivity contribution in [2.24, 2.45) is 0 Å². The van der Waals surface area contributed by atoms with E-state index in [-0.39, 0.29) is 17.2 Å². The van der Waals surface area contributed by atoms with Crippen molar-refractivity contribution in [1.29, 1.82) is 0 Å². The molecule has 0 aromatic heterocycles. The summed E-state index contributed by atoms with van der Waals surface area (Å²) >= 11 is 0. The number of nitrogens with one attached hydrogen (secondary N) is 2. The molecule has 0 radical (unpaired) electrons. The van der Waals surface area contributed by atoms with Crippen LogP contribution in [0.15, 0.2) is 41.3 Å². The van der Waals surface area contributed by atoms with Gasteiger partial charge in [-0.3, -0.25) is 4.79 Å². The second-order valence-corrected chi connectivity index (χ2v) is 7.94. The quantitative estimate of drug-likeness (QED) is 0.644. The number of sulfonamides is 1. The monoisotopic (exact) mass is 422 g/mol. The molecule has 1 atom stereocenters. The van der Waals surface area contributed by atoms with E-state index in [1.54, 1.807) is 32.0 Å². The maximum atomic E-state index is 12.9. The van der Waals surface area contributed by atoms with Gasteiger partial charge in [0.15, 0.2) is 11.5 Å². The fourth-order valence-electron chi connectivity index (χ4n) is 2.68. The van der Waals surface area contributed by atoms with Gasteiger partial charge in [0.2, 0.25) is 15.9 Å². The molecule has 9 heteroatoms. The van der Waals surface area contributed by atoms with Crippen molar-refractivity contribution in [1.82, 2.24) is 4.72 Å². The van der Waals surface area contributed by atoms with Crippen LogP contribution in [0, 0.1) is 0 Å². The van der Waals surface area contributed by atoms with Crippen molar-refractivity contribution in [2.75, 3.05) is 26.6 Å². The van der Waals surface area contributed by atoms with Gasteiger partial charge < -0.3 is 19.5 Å². The molecule has 0 bridgehead atoms. The van der Waals surface area contributed by atoms with Gasteiger partial charge in [-0.15, -0.1) is 0 Å². The number of hydrogen-bond donors (Lipinski definition) is 2. The lowest BCUT2D eigenvalue weighted by Crippen LogP contribution is -2.27. The summed E-state index contributed by atoms with van der Waals surface area (Å²) in [5.41, 5.74) is 1.00. The third kappa shape index (κ3) is 5.39. The minimum atomic E-state index is -3.86. The topological polar surface area (TPSA) is 103 Å². The number of benzene rings is 2. The van der Waals surface area contributed by atoms with E-state index in [1.807, 2.05) is 0 Å². The highest BCUT2D eigenvalue weighted by Gasteiger charge is 2.21. The van der Waals surface area contributed by atoms with Crippen molar-refractivity contribution >= 4 is 21.6 Å². The highest BCUT2D eigenvalue weighted by Crippen LogP contribution is 2.31. The van der Waals surface area contributed by atoms with Crippen molar-refractivity contribution in [2.45, 2.75) is 31.2 Å². The summed E-state index contributed by atoms with van der Waals surface area (Å²) in [6, 6.07) is 8.95. The summed E-state index contributed by atoms with van der Waals surface area (Å²) in [6.45, 7) is 3.43. The Hall–Kier alpha value is -2.78. The largest absolute Gasteiger partial charge is 0.495 e. The number of carbonyl (C=O) groups is 1. The smallest absolute Gasteiger partial charge is 0.241 e. The highest BCUT2D eigenvalue weighted by atomic mass is 32.2. The fourth-order valence-corrected chi connectivity index (χ4v) is 3.94. The van der Waals surface area contributed by atoms with Crippen molar-refractivity contribution in [3.63, 3.8) is 0 Å². The van der Waals surface area contributed by atoms with E-state index >= 15 is 0 Å². The van der Waals surface area contributed by atoms with Crippen LogP contribution in [-0.4, -0.2) is 35.7 Å². The molecule has 0 fully saturated rings. The molecule has 2 aromatic carbocycles. The number of hydrogen-bond acceptors (Lipinski definition) is 6. The molecule has 0 aliphatic carbocycles. The predicted molar refractivity (Wildman–Crippen MR) is 110 cm³/mol. The van der Waals surface area contributed by atoms with Crippen LogP contribution in [0.5, 0.6) is 17.2 Å². The number of amides is 1. The Morgan fingerprint density at radius 3 is 2.17 bits per heavy atom. The first-order chi connectivity index (χ1) is 13.7. The Morgan fingerprint density at radius 1 is 0.966 bits per heavy atom. The van der Waals surface area contributed by atoms with Crippen molar-refractivity contribution in [3.05, 3.63) is 42.0 Å². The lowest BCUT2D eigenvalue weighted by atomic mass is 10.1. The maximum absolute atomic E-state index is 12.9. The molecule has 0 heterocycles. The Bertz CT molecular complexity index is 975. The third-order valence-electron chi connectivity index (χ3n) is 4.32. The van der Waals surface area contributed by atoms with Gasteiger partial charge in [-0.1, -0.05) is 13.0 Å². The second kappa shape index (κ2) is 9.62. The molecule has 0 aliphatic rings. The molecule has 0 saturated heterocycles. The Morgan fingerprint density at radius 2 is 1.59 bits per heavy atom. The summed E-state index contributed by atoms with van der Waals surface area (Å²) in [4.78, 5) is 11.7. The van der Waals surface area contributed by atoms with Crippen LogP contribution >= 0.6 is 0 Å². The van der Waals surface area contributed by atoms with E-state index in [0.29, 0.717) is 28.5 Å². The van der Waals surface area contributed by atoms with Crippen LogP contribution in [0.3, 0.4) is 0 Å². The normalized spacial score (nSPS) is 12.2. The number of rotatable bonds is 9. The highest BCUT2D eigenvalue weighted by molar-refractivity contribution is 7.89. The summed E-state index contributed by atoms with van der Waals surface area (Å²) in [6.07, 6.45) is 0.259.